The Bertz CT molecular complexity index is 947. The summed E-state index contributed by atoms with van der Waals surface area (Å²) in [6, 6.07) is 13.3. The molecule has 0 spiro atoms. The second-order valence-electron chi connectivity index (χ2n) is 6.67. The van der Waals surface area contributed by atoms with Gasteiger partial charge in [0.2, 0.25) is 0 Å². The van der Waals surface area contributed by atoms with Crippen LogP contribution in [-0.4, -0.2) is 23.9 Å². The summed E-state index contributed by atoms with van der Waals surface area (Å²) in [4.78, 5) is 38.5. The fraction of sp³-hybridized carbons (Fsp3) is 0.227. The van der Waals surface area contributed by atoms with Crippen LogP contribution in [0.25, 0.3) is 6.08 Å². The van der Waals surface area contributed by atoms with Gasteiger partial charge in [-0.1, -0.05) is 42.8 Å². The minimum atomic E-state index is -0.764. The average molecular weight is 378 g/mol. The summed E-state index contributed by atoms with van der Waals surface area (Å²) in [6.45, 7) is 5.86. The quantitative estimate of drug-likeness (QED) is 0.634. The number of anilines is 1. The lowest BCUT2D eigenvalue weighted by Crippen LogP contribution is -2.54. The number of benzene rings is 2. The van der Waals surface area contributed by atoms with Crippen molar-refractivity contribution in [2.24, 2.45) is 0 Å². The molecule has 3 rings (SSSR count). The second kappa shape index (κ2) is 8.08. The molecule has 0 aliphatic carbocycles. The van der Waals surface area contributed by atoms with E-state index in [9.17, 15) is 14.4 Å². The summed E-state index contributed by atoms with van der Waals surface area (Å²) in [5.41, 5.74) is 1.87. The molecule has 0 saturated carbocycles. The maximum absolute atomic E-state index is 13.0. The Labute approximate surface area is 163 Å². The minimum Gasteiger partial charge on any atom is -0.490 e. The highest BCUT2D eigenvalue weighted by Gasteiger charge is 2.36. The summed E-state index contributed by atoms with van der Waals surface area (Å²) in [6.07, 6.45) is 2.27. The van der Waals surface area contributed by atoms with E-state index < -0.39 is 17.8 Å². The van der Waals surface area contributed by atoms with Gasteiger partial charge >= 0.3 is 6.03 Å². The molecule has 1 N–H and O–H groups in total. The normalized spacial score (nSPS) is 16.9. The number of hydrogen-bond acceptors (Lipinski definition) is 4. The first-order valence-corrected chi connectivity index (χ1v) is 9.14. The maximum atomic E-state index is 13.0. The number of carbonyl (C=O) groups is 3. The van der Waals surface area contributed by atoms with Crippen molar-refractivity contribution in [1.82, 2.24) is 5.32 Å². The lowest BCUT2D eigenvalue weighted by atomic mass is 10.1. The number of amides is 4. The van der Waals surface area contributed by atoms with Gasteiger partial charge in [-0.15, -0.1) is 0 Å². The van der Waals surface area contributed by atoms with Gasteiger partial charge in [0.15, 0.2) is 0 Å². The van der Waals surface area contributed by atoms with Crippen molar-refractivity contribution in [3.8, 4) is 5.75 Å². The molecule has 0 radical (unpaired) electrons. The minimum absolute atomic E-state index is 0.0129. The molecule has 1 heterocycles. The molecule has 1 saturated heterocycles. The summed E-state index contributed by atoms with van der Waals surface area (Å²) in [5.74, 6) is -0.823. The molecule has 6 heteroatoms. The molecule has 1 aliphatic rings. The predicted octanol–water partition coefficient (Wildman–Crippen LogP) is 3.84. The molecule has 0 aromatic heterocycles. The monoisotopic (exact) mass is 378 g/mol. The van der Waals surface area contributed by atoms with Crippen LogP contribution in [0.1, 0.15) is 31.4 Å². The Balaban J connectivity index is 1.99. The van der Waals surface area contributed by atoms with Gasteiger partial charge in [-0.25, -0.2) is 9.69 Å². The van der Waals surface area contributed by atoms with Crippen molar-refractivity contribution in [1.29, 1.82) is 0 Å². The molecular weight excluding hydrogens is 356 g/mol. The first kappa shape index (κ1) is 19.4. The van der Waals surface area contributed by atoms with E-state index in [1.54, 1.807) is 42.5 Å². The number of ether oxygens (including phenoxy) is 1. The van der Waals surface area contributed by atoms with Crippen LogP contribution in [-0.2, 0) is 9.59 Å². The van der Waals surface area contributed by atoms with Crippen LogP contribution in [0, 0.1) is 6.92 Å². The molecular formula is C22H22N2O4. The van der Waals surface area contributed by atoms with E-state index in [1.807, 2.05) is 26.8 Å². The van der Waals surface area contributed by atoms with Gasteiger partial charge < -0.3 is 4.74 Å². The zero-order chi connectivity index (χ0) is 20.3. The second-order valence-corrected chi connectivity index (χ2v) is 6.67. The van der Waals surface area contributed by atoms with Crippen molar-refractivity contribution in [3.63, 3.8) is 0 Å². The number of nitrogens with zero attached hydrogens (tertiary/aromatic N) is 1. The number of barbiturate groups is 1. The zero-order valence-corrected chi connectivity index (χ0v) is 16.1. The molecule has 28 heavy (non-hydrogen) atoms. The third-order valence-corrected chi connectivity index (χ3v) is 4.52. The first-order chi connectivity index (χ1) is 13.4. The number of carbonyl (C=O) groups excluding carboxylic acids is 3. The van der Waals surface area contributed by atoms with Gasteiger partial charge in [0.1, 0.15) is 11.3 Å². The van der Waals surface area contributed by atoms with E-state index >= 15 is 0 Å². The van der Waals surface area contributed by atoms with Gasteiger partial charge in [-0.05, 0) is 44.5 Å². The Kier molecular flexibility index (Phi) is 5.59. The number of imide groups is 2. The SMILES string of the molecule is CCC(C)Oc1ccccc1C=C1C(=O)NC(=O)N(c2ccc(C)cc2)C1=O. The molecule has 1 atom stereocenters. The number of urea groups is 1. The number of nitrogens with one attached hydrogen (secondary N) is 1. The van der Waals surface area contributed by atoms with Crippen LogP contribution >= 0.6 is 0 Å². The molecule has 1 unspecified atom stereocenters. The van der Waals surface area contributed by atoms with Gasteiger partial charge in [-0.3, -0.25) is 14.9 Å². The van der Waals surface area contributed by atoms with Crippen LogP contribution < -0.4 is 15.0 Å². The molecule has 144 valence electrons. The largest absolute Gasteiger partial charge is 0.490 e. The van der Waals surface area contributed by atoms with Crippen molar-refractivity contribution in [2.75, 3.05) is 4.90 Å². The van der Waals surface area contributed by atoms with E-state index in [0.29, 0.717) is 17.0 Å². The third kappa shape index (κ3) is 3.96. The molecule has 1 aliphatic heterocycles. The fourth-order valence-electron chi connectivity index (χ4n) is 2.75. The Morgan fingerprint density at radius 2 is 1.75 bits per heavy atom. The standard InChI is InChI=1S/C22H22N2O4/c1-4-15(3)28-19-8-6-5-7-16(19)13-18-20(25)23-22(27)24(21(18)26)17-11-9-14(2)10-12-17/h5-13,15H,4H2,1-3H3,(H,23,25,27). The van der Waals surface area contributed by atoms with Gasteiger partial charge in [0.05, 0.1) is 11.8 Å². The molecule has 1 fully saturated rings. The highest BCUT2D eigenvalue weighted by atomic mass is 16.5. The van der Waals surface area contributed by atoms with Crippen LogP contribution in [0.3, 0.4) is 0 Å². The average Bonchev–Trinajstić information content (AvgIpc) is 2.67. The van der Waals surface area contributed by atoms with Crippen molar-refractivity contribution in [2.45, 2.75) is 33.3 Å². The Hall–Kier alpha value is -3.41. The van der Waals surface area contributed by atoms with Crippen LogP contribution in [0.2, 0.25) is 0 Å². The Morgan fingerprint density at radius 3 is 2.43 bits per heavy atom. The molecule has 0 bridgehead atoms. The van der Waals surface area contributed by atoms with E-state index in [1.165, 1.54) is 6.08 Å². The first-order valence-electron chi connectivity index (χ1n) is 9.14. The zero-order valence-electron chi connectivity index (χ0n) is 16.1. The number of hydrogen-bond donors (Lipinski definition) is 1. The molecule has 4 amide bonds. The molecule has 6 nitrogen and oxygen atoms in total. The van der Waals surface area contributed by atoms with Crippen LogP contribution in [0.4, 0.5) is 10.5 Å². The van der Waals surface area contributed by atoms with Crippen molar-refractivity contribution < 1.29 is 19.1 Å². The van der Waals surface area contributed by atoms with E-state index in [-0.39, 0.29) is 11.7 Å². The lowest BCUT2D eigenvalue weighted by Gasteiger charge is -2.26. The van der Waals surface area contributed by atoms with E-state index in [0.717, 1.165) is 16.9 Å². The van der Waals surface area contributed by atoms with Crippen molar-refractivity contribution in [3.05, 3.63) is 65.2 Å². The molecule has 2 aromatic rings. The van der Waals surface area contributed by atoms with E-state index in [4.69, 9.17) is 4.74 Å². The highest BCUT2D eigenvalue weighted by Crippen LogP contribution is 2.26. The maximum Gasteiger partial charge on any atom is 0.335 e. The number of aryl methyl sites for hydroxylation is 1. The van der Waals surface area contributed by atoms with Crippen LogP contribution in [0.5, 0.6) is 5.75 Å². The Morgan fingerprint density at radius 1 is 1.07 bits per heavy atom. The highest BCUT2D eigenvalue weighted by molar-refractivity contribution is 6.39. The summed E-state index contributed by atoms with van der Waals surface area (Å²) in [5, 5.41) is 2.23. The summed E-state index contributed by atoms with van der Waals surface area (Å²) in [7, 11) is 0. The lowest BCUT2D eigenvalue weighted by molar-refractivity contribution is -0.122. The van der Waals surface area contributed by atoms with Crippen molar-refractivity contribution >= 4 is 29.6 Å². The van der Waals surface area contributed by atoms with E-state index in [2.05, 4.69) is 5.32 Å². The van der Waals surface area contributed by atoms with Gasteiger partial charge in [0.25, 0.3) is 11.8 Å². The van der Waals surface area contributed by atoms with Gasteiger partial charge in [0, 0.05) is 5.56 Å². The number of rotatable bonds is 5. The number of para-hydroxylation sites is 1. The predicted molar refractivity (Wildman–Crippen MR) is 107 cm³/mol. The summed E-state index contributed by atoms with van der Waals surface area (Å²) >= 11 is 0. The third-order valence-electron chi connectivity index (χ3n) is 4.52. The summed E-state index contributed by atoms with van der Waals surface area (Å²) < 4.78 is 5.88. The topological polar surface area (TPSA) is 75.7 Å². The van der Waals surface area contributed by atoms with Gasteiger partial charge in [-0.2, -0.15) is 0 Å². The van der Waals surface area contributed by atoms with Crippen LogP contribution in [0.15, 0.2) is 54.1 Å². The fourth-order valence-corrected chi connectivity index (χ4v) is 2.75. The smallest absolute Gasteiger partial charge is 0.335 e. The molecule has 2 aromatic carbocycles.